The van der Waals surface area contributed by atoms with Crippen LogP contribution in [0.4, 0.5) is 5.69 Å². The van der Waals surface area contributed by atoms with Gasteiger partial charge in [-0.05, 0) is 50.1 Å². The fraction of sp³-hybridized carbons (Fsp3) is 0.409. The first-order chi connectivity index (χ1) is 13.1. The van der Waals surface area contributed by atoms with Crippen LogP contribution in [0.5, 0.6) is 5.75 Å². The average Bonchev–Trinajstić information content (AvgIpc) is 2.68. The van der Waals surface area contributed by atoms with Crippen molar-refractivity contribution in [2.75, 3.05) is 31.6 Å². The number of carbonyl (C=O) groups is 1. The molecule has 3 rings (SSSR count). The van der Waals surface area contributed by atoms with Gasteiger partial charge in [-0.1, -0.05) is 36.4 Å². The SMILES string of the molecule is Cc1ccccc1OC[C@H](O)CN1CCC[C@@H](C(=O)Nc2ccccc2)C1. The molecule has 0 spiro atoms. The standard InChI is InChI=1S/C22H28N2O3/c1-17-8-5-6-12-21(17)27-16-20(25)15-24-13-7-9-18(14-24)22(26)23-19-10-3-2-4-11-19/h2-6,8,10-12,18,20,25H,7,9,13-16H2,1H3,(H,23,26)/t18-,20-/m1/s1. The lowest BCUT2D eigenvalue weighted by Gasteiger charge is -2.33. The van der Waals surface area contributed by atoms with Crippen LogP contribution in [0.1, 0.15) is 18.4 Å². The maximum absolute atomic E-state index is 12.5. The number of piperidine rings is 1. The molecule has 144 valence electrons. The molecule has 5 nitrogen and oxygen atoms in total. The molecular formula is C22H28N2O3. The van der Waals surface area contributed by atoms with Crippen molar-refractivity contribution >= 4 is 11.6 Å². The minimum absolute atomic E-state index is 0.0524. The van der Waals surface area contributed by atoms with E-state index in [1.165, 1.54) is 0 Å². The fourth-order valence-corrected chi connectivity index (χ4v) is 3.46. The highest BCUT2D eigenvalue weighted by molar-refractivity contribution is 5.92. The van der Waals surface area contributed by atoms with Gasteiger partial charge in [-0.2, -0.15) is 0 Å². The summed E-state index contributed by atoms with van der Waals surface area (Å²) in [6, 6.07) is 17.3. The van der Waals surface area contributed by atoms with Crippen molar-refractivity contribution in [3.05, 3.63) is 60.2 Å². The normalized spacial score (nSPS) is 18.7. The van der Waals surface area contributed by atoms with E-state index >= 15 is 0 Å². The second kappa shape index (κ2) is 9.53. The number of nitrogens with zero attached hydrogens (tertiary/aromatic N) is 1. The number of aryl methyl sites for hydroxylation is 1. The van der Waals surface area contributed by atoms with Gasteiger partial charge in [0.2, 0.25) is 5.91 Å². The molecule has 0 bridgehead atoms. The molecule has 1 amide bonds. The molecule has 2 atom stereocenters. The van der Waals surface area contributed by atoms with Crippen LogP contribution >= 0.6 is 0 Å². The summed E-state index contributed by atoms with van der Waals surface area (Å²) in [5.41, 5.74) is 1.88. The number of β-amino-alcohol motifs (C(OH)–C–C–N with tert-alkyl or cyclic N) is 1. The number of aliphatic hydroxyl groups excluding tert-OH is 1. The van der Waals surface area contributed by atoms with Crippen LogP contribution in [0, 0.1) is 12.8 Å². The monoisotopic (exact) mass is 368 g/mol. The zero-order chi connectivity index (χ0) is 19.1. The predicted octanol–water partition coefficient (Wildman–Crippen LogP) is 3.09. The van der Waals surface area contributed by atoms with Crippen LogP contribution < -0.4 is 10.1 Å². The number of hydrogen-bond acceptors (Lipinski definition) is 4. The largest absolute Gasteiger partial charge is 0.491 e. The molecule has 2 N–H and O–H groups in total. The second-order valence-corrected chi connectivity index (χ2v) is 7.18. The molecule has 0 aromatic heterocycles. The summed E-state index contributed by atoms with van der Waals surface area (Å²) in [4.78, 5) is 14.7. The molecule has 2 aromatic rings. The quantitative estimate of drug-likeness (QED) is 0.788. The van der Waals surface area contributed by atoms with Gasteiger partial charge in [0, 0.05) is 18.8 Å². The van der Waals surface area contributed by atoms with Gasteiger partial charge in [-0.3, -0.25) is 9.69 Å². The van der Waals surface area contributed by atoms with Crippen LogP contribution in [-0.4, -0.2) is 48.3 Å². The van der Waals surface area contributed by atoms with E-state index in [4.69, 9.17) is 4.74 Å². The highest BCUT2D eigenvalue weighted by Gasteiger charge is 2.27. The maximum atomic E-state index is 12.5. The lowest BCUT2D eigenvalue weighted by molar-refractivity contribution is -0.121. The summed E-state index contributed by atoms with van der Waals surface area (Å²) in [6.45, 7) is 4.32. The number of para-hydroxylation sites is 2. The van der Waals surface area contributed by atoms with Gasteiger partial charge in [0.15, 0.2) is 0 Å². The van der Waals surface area contributed by atoms with Crippen LogP contribution in [0.15, 0.2) is 54.6 Å². The summed E-state index contributed by atoms with van der Waals surface area (Å²) < 4.78 is 5.74. The Balaban J connectivity index is 1.46. The number of rotatable bonds is 7. The van der Waals surface area contributed by atoms with Crippen molar-refractivity contribution in [2.45, 2.75) is 25.9 Å². The molecule has 0 radical (unpaired) electrons. The van der Waals surface area contributed by atoms with E-state index in [0.29, 0.717) is 13.1 Å². The summed E-state index contributed by atoms with van der Waals surface area (Å²) in [5.74, 6) is 0.801. The van der Waals surface area contributed by atoms with Crippen molar-refractivity contribution in [3.8, 4) is 5.75 Å². The lowest BCUT2D eigenvalue weighted by Crippen LogP contribution is -2.44. The Morgan fingerprint density at radius 3 is 2.74 bits per heavy atom. The number of hydrogen-bond donors (Lipinski definition) is 2. The number of anilines is 1. The van der Waals surface area contributed by atoms with Gasteiger partial charge in [0.1, 0.15) is 18.5 Å². The Kier molecular flexibility index (Phi) is 6.85. The Morgan fingerprint density at radius 2 is 1.96 bits per heavy atom. The first-order valence-corrected chi connectivity index (χ1v) is 9.56. The van der Waals surface area contributed by atoms with E-state index in [9.17, 15) is 9.90 Å². The average molecular weight is 368 g/mol. The number of carbonyl (C=O) groups excluding carboxylic acids is 1. The number of ether oxygens (including phenoxy) is 1. The third kappa shape index (κ3) is 5.81. The highest BCUT2D eigenvalue weighted by Crippen LogP contribution is 2.20. The number of nitrogens with one attached hydrogen (secondary N) is 1. The molecule has 1 fully saturated rings. The van der Waals surface area contributed by atoms with Crippen LogP contribution in [0.3, 0.4) is 0 Å². The Morgan fingerprint density at radius 1 is 1.22 bits per heavy atom. The summed E-state index contributed by atoms with van der Waals surface area (Å²) in [7, 11) is 0. The van der Waals surface area contributed by atoms with Crippen molar-refractivity contribution in [3.63, 3.8) is 0 Å². The Labute approximate surface area is 161 Å². The molecule has 1 saturated heterocycles. The number of benzene rings is 2. The van der Waals surface area contributed by atoms with E-state index in [2.05, 4.69) is 10.2 Å². The number of likely N-dealkylation sites (tertiary alicyclic amines) is 1. The van der Waals surface area contributed by atoms with Gasteiger partial charge in [-0.15, -0.1) is 0 Å². The van der Waals surface area contributed by atoms with Gasteiger partial charge in [0.25, 0.3) is 0 Å². The van der Waals surface area contributed by atoms with Crippen molar-refractivity contribution in [2.24, 2.45) is 5.92 Å². The molecular weight excluding hydrogens is 340 g/mol. The number of amides is 1. The number of aliphatic hydroxyl groups is 1. The maximum Gasteiger partial charge on any atom is 0.228 e. The van der Waals surface area contributed by atoms with Crippen LogP contribution in [0.25, 0.3) is 0 Å². The Hall–Kier alpha value is -2.37. The van der Waals surface area contributed by atoms with Crippen LogP contribution in [-0.2, 0) is 4.79 Å². The molecule has 0 unspecified atom stereocenters. The summed E-state index contributed by atoms with van der Waals surface area (Å²) in [5, 5.41) is 13.3. The molecule has 1 heterocycles. The van der Waals surface area contributed by atoms with Gasteiger partial charge < -0.3 is 15.2 Å². The van der Waals surface area contributed by atoms with E-state index in [-0.39, 0.29) is 18.4 Å². The first kappa shape index (κ1) is 19.4. The van der Waals surface area contributed by atoms with Crippen molar-refractivity contribution in [1.82, 2.24) is 4.90 Å². The van der Waals surface area contributed by atoms with Gasteiger partial charge in [0.05, 0.1) is 5.92 Å². The highest BCUT2D eigenvalue weighted by atomic mass is 16.5. The summed E-state index contributed by atoms with van der Waals surface area (Å²) >= 11 is 0. The third-order valence-electron chi connectivity index (χ3n) is 4.91. The minimum Gasteiger partial charge on any atom is -0.491 e. The predicted molar refractivity (Wildman–Crippen MR) is 107 cm³/mol. The zero-order valence-electron chi connectivity index (χ0n) is 15.8. The Bertz CT molecular complexity index is 735. The molecule has 1 aliphatic rings. The lowest BCUT2D eigenvalue weighted by atomic mass is 9.96. The molecule has 1 aliphatic heterocycles. The minimum atomic E-state index is -0.583. The molecule has 27 heavy (non-hydrogen) atoms. The molecule has 5 heteroatoms. The molecule has 0 aliphatic carbocycles. The topological polar surface area (TPSA) is 61.8 Å². The zero-order valence-corrected chi connectivity index (χ0v) is 15.8. The van der Waals surface area contributed by atoms with E-state index in [0.717, 1.165) is 36.4 Å². The molecule has 2 aromatic carbocycles. The van der Waals surface area contributed by atoms with Gasteiger partial charge >= 0.3 is 0 Å². The fourth-order valence-electron chi connectivity index (χ4n) is 3.46. The first-order valence-electron chi connectivity index (χ1n) is 9.56. The van der Waals surface area contributed by atoms with E-state index in [1.807, 2.05) is 61.5 Å². The van der Waals surface area contributed by atoms with Gasteiger partial charge in [-0.25, -0.2) is 0 Å². The third-order valence-corrected chi connectivity index (χ3v) is 4.91. The summed E-state index contributed by atoms with van der Waals surface area (Å²) in [6.07, 6.45) is 1.25. The van der Waals surface area contributed by atoms with E-state index in [1.54, 1.807) is 0 Å². The molecule has 0 saturated carbocycles. The second-order valence-electron chi connectivity index (χ2n) is 7.18. The van der Waals surface area contributed by atoms with Crippen molar-refractivity contribution in [1.29, 1.82) is 0 Å². The van der Waals surface area contributed by atoms with Crippen LogP contribution in [0.2, 0.25) is 0 Å². The van der Waals surface area contributed by atoms with E-state index < -0.39 is 6.10 Å². The van der Waals surface area contributed by atoms with Crippen molar-refractivity contribution < 1.29 is 14.6 Å². The smallest absolute Gasteiger partial charge is 0.228 e.